The van der Waals surface area contributed by atoms with Gasteiger partial charge in [-0.25, -0.2) is 4.79 Å². The Balaban J connectivity index is 2.95. The van der Waals surface area contributed by atoms with Gasteiger partial charge in [-0.3, -0.25) is 4.79 Å². The van der Waals surface area contributed by atoms with Crippen LogP contribution in [-0.4, -0.2) is 17.0 Å². The number of hydrogen-bond acceptors (Lipinski definition) is 2. The van der Waals surface area contributed by atoms with Gasteiger partial charge in [0.15, 0.2) is 0 Å². The van der Waals surface area contributed by atoms with Crippen molar-refractivity contribution in [2.75, 3.05) is 5.32 Å². The SMILES string of the molecule is O=C(O)/C=C\C(=O)Nc1cc(C(F)(F)F)ccc1Cl. The number of rotatable bonds is 3. The van der Waals surface area contributed by atoms with E-state index in [1.807, 2.05) is 0 Å². The minimum absolute atomic E-state index is 0.0925. The molecule has 0 unspecified atom stereocenters. The molecule has 1 aromatic rings. The van der Waals surface area contributed by atoms with Crippen LogP contribution in [0.1, 0.15) is 5.56 Å². The van der Waals surface area contributed by atoms with E-state index in [0.717, 1.165) is 12.1 Å². The number of carboxylic acids is 1. The molecule has 0 heterocycles. The number of nitrogens with one attached hydrogen (secondary N) is 1. The number of alkyl halides is 3. The fraction of sp³-hybridized carbons (Fsp3) is 0.0909. The van der Waals surface area contributed by atoms with E-state index in [9.17, 15) is 22.8 Å². The fourth-order valence-electron chi connectivity index (χ4n) is 1.12. The van der Waals surface area contributed by atoms with E-state index >= 15 is 0 Å². The highest BCUT2D eigenvalue weighted by Crippen LogP contribution is 2.33. The number of amides is 1. The van der Waals surface area contributed by atoms with Gasteiger partial charge in [0.1, 0.15) is 0 Å². The Morgan fingerprint density at radius 3 is 2.42 bits per heavy atom. The number of carbonyl (C=O) groups excluding carboxylic acids is 1. The number of carboxylic acid groups (broad SMARTS) is 1. The molecule has 0 bridgehead atoms. The van der Waals surface area contributed by atoms with Crippen molar-refractivity contribution < 1.29 is 27.9 Å². The van der Waals surface area contributed by atoms with Crippen molar-refractivity contribution in [3.05, 3.63) is 40.9 Å². The first-order valence-corrected chi connectivity index (χ1v) is 5.16. The molecule has 0 spiro atoms. The van der Waals surface area contributed by atoms with Gasteiger partial charge < -0.3 is 10.4 Å². The molecule has 0 fully saturated rings. The average Bonchev–Trinajstić information content (AvgIpc) is 2.28. The van der Waals surface area contributed by atoms with E-state index in [4.69, 9.17) is 16.7 Å². The van der Waals surface area contributed by atoms with Crippen molar-refractivity contribution in [2.24, 2.45) is 0 Å². The summed E-state index contributed by atoms with van der Waals surface area (Å²) in [6.45, 7) is 0. The summed E-state index contributed by atoms with van der Waals surface area (Å²) >= 11 is 5.63. The molecule has 8 heteroatoms. The van der Waals surface area contributed by atoms with E-state index in [0.29, 0.717) is 18.2 Å². The second-order valence-corrected chi connectivity index (χ2v) is 3.76. The van der Waals surface area contributed by atoms with E-state index in [1.54, 1.807) is 0 Å². The van der Waals surface area contributed by atoms with Crippen LogP contribution in [0.2, 0.25) is 5.02 Å². The van der Waals surface area contributed by atoms with E-state index in [1.165, 1.54) is 0 Å². The van der Waals surface area contributed by atoms with Crippen LogP contribution in [0.5, 0.6) is 0 Å². The lowest BCUT2D eigenvalue weighted by Gasteiger charge is -2.10. The summed E-state index contributed by atoms with van der Waals surface area (Å²) in [7, 11) is 0. The largest absolute Gasteiger partial charge is 0.478 e. The Morgan fingerprint density at radius 1 is 1.26 bits per heavy atom. The lowest BCUT2D eigenvalue weighted by Crippen LogP contribution is -2.11. The van der Waals surface area contributed by atoms with Crippen LogP contribution in [-0.2, 0) is 15.8 Å². The maximum atomic E-state index is 12.4. The Bertz CT molecular complexity index is 540. The lowest BCUT2D eigenvalue weighted by molar-refractivity contribution is -0.137. The Kier molecular flexibility index (Phi) is 4.55. The highest BCUT2D eigenvalue weighted by molar-refractivity contribution is 6.33. The zero-order chi connectivity index (χ0) is 14.6. The van der Waals surface area contributed by atoms with Gasteiger partial charge in [0, 0.05) is 12.2 Å². The zero-order valence-electron chi connectivity index (χ0n) is 9.16. The van der Waals surface area contributed by atoms with Crippen molar-refractivity contribution in [2.45, 2.75) is 6.18 Å². The monoisotopic (exact) mass is 293 g/mol. The van der Waals surface area contributed by atoms with Crippen LogP contribution in [0.4, 0.5) is 18.9 Å². The maximum absolute atomic E-state index is 12.4. The van der Waals surface area contributed by atoms with Crippen LogP contribution in [0, 0.1) is 0 Å². The molecule has 0 aliphatic heterocycles. The second-order valence-electron chi connectivity index (χ2n) is 3.35. The van der Waals surface area contributed by atoms with Crippen molar-refractivity contribution >= 4 is 29.2 Å². The molecule has 4 nitrogen and oxygen atoms in total. The van der Waals surface area contributed by atoms with Gasteiger partial charge in [-0.1, -0.05) is 11.6 Å². The predicted octanol–water partition coefficient (Wildman–Crippen LogP) is 2.94. The molecule has 2 N–H and O–H groups in total. The van der Waals surface area contributed by atoms with Crippen LogP contribution in [0.15, 0.2) is 30.4 Å². The van der Waals surface area contributed by atoms with Gasteiger partial charge in [-0.2, -0.15) is 13.2 Å². The number of hydrogen-bond donors (Lipinski definition) is 2. The van der Waals surface area contributed by atoms with Crippen LogP contribution < -0.4 is 5.32 Å². The summed E-state index contributed by atoms with van der Waals surface area (Å²) in [6.07, 6.45) is -3.35. The number of anilines is 1. The third-order valence-electron chi connectivity index (χ3n) is 1.93. The summed E-state index contributed by atoms with van der Waals surface area (Å²) in [5.41, 5.74) is -1.23. The molecular formula is C11H7ClF3NO3. The third-order valence-corrected chi connectivity index (χ3v) is 2.26. The van der Waals surface area contributed by atoms with E-state index in [-0.39, 0.29) is 10.7 Å². The Morgan fingerprint density at radius 2 is 1.89 bits per heavy atom. The molecule has 19 heavy (non-hydrogen) atoms. The van der Waals surface area contributed by atoms with Gasteiger partial charge in [-0.05, 0) is 18.2 Å². The normalized spacial score (nSPS) is 11.6. The van der Waals surface area contributed by atoms with Gasteiger partial charge in [0.25, 0.3) is 0 Å². The fourth-order valence-corrected chi connectivity index (χ4v) is 1.28. The molecule has 0 saturated carbocycles. The van der Waals surface area contributed by atoms with Crippen LogP contribution >= 0.6 is 11.6 Å². The van der Waals surface area contributed by atoms with E-state index in [2.05, 4.69) is 5.32 Å². The summed E-state index contributed by atoms with van der Waals surface area (Å²) in [5, 5.41) is 10.3. The molecule has 102 valence electrons. The molecule has 0 aliphatic rings. The first-order valence-electron chi connectivity index (χ1n) is 4.79. The van der Waals surface area contributed by atoms with Gasteiger partial charge in [-0.15, -0.1) is 0 Å². The smallest absolute Gasteiger partial charge is 0.416 e. The molecule has 0 saturated heterocycles. The Hall–Kier alpha value is -2.02. The molecule has 1 aromatic carbocycles. The van der Waals surface area contributed by atoms with Crippen molar-refractivity contribution in [3.63, 3.8) is 0 Å². The first kappa shape index (κ1) is 15.0. The van der Waals surface area contributed by atoms with Gasteiger partial charge in [0.2, 0.25) is 5.91 Å². The summed E-state index contributed by atoms with van der Waals surface area (Å²) in [4.78, 5) is 21.4. The molecular weight excluding hydrogens is 287 g/mol. The highest BCUT2D eigenvalue weighted by atomic mass is 35.5. The number of halogens is 4. The van der Waals surface area contributed by atoms with E-state index < -0.39 is 23.6 Å². The topological polar surface area (TPSA) is 66.4 Å². The highest BCUT2D eigenvalue weighted by Gasteiger charge is 2.31. The van der Waals surface area contributed by atoms with Crippen molar-refractivity contribution in [3.8, 4) is 0 Å². The van der Waals surface area contributed by atoms with Crippen molar-refractivity contribution in [1.82, 2.24) is 0 Å². The minimum Gasteiger partial charge on any atom is -0.478 e. The van der Waals surface area contributed by atoms with Gasteiger partial charge in [0.05, 0.1) is 16.3 Å². The average molecular weight is 294 g/mol. The number of benzene rings is 1. The maximum Gasteiger partial charge on any atom is 0.416 e. The lowest BCUT2D eigenvalue weighted by atomic mass is 10.2. The molecule has 0 radical (unpaired) electrons. The van der Waals surface area contributed by atoms with Crippen molar-refractivity contribution in [1.29, 1.82) is 0 Å². The molecule has 1 rings (SSSR count). The quantitative estimate of drug-likeness (QED) is 0.842. The third kappa shape index (κ3) is 4.63. The van der Waals surface area contributed by atoms with Crippen LogP contribution in [0.3, 0.4) is 0 Å². The molecule has 1 amide bonds. The summed E-state index contributed by atoms with van der Waals surface area (Å²) in [6, 6.07) is 2.42. The van der Waals surface area contributed by atoms with Crippen LogP contribution in [0.25, 0.3) is 0 Å². The zero-order valence-corrected chi connectivity index (χ0v) is 9.92. The number of aliphatic carboxylic acids is 1. The predicted molar refractivity (Wildman–Crippen MR) is 61.9 cm³/mol. The minimum atomic E-state index is -4.57. The second kappa shape index (κ2) is 5.75. The number of carbonyl (C=O) groups is 2. The molecule has 0 aliphatic carbocycles. The molecule has 0 aromatic heterocycles. The Labute approximate surface area is 110 Å². The summed E-state index contributed by atoms with van der Waals surface area (Å²) in [5.74, 6) is -2.26. The van der Waals surface area contributed by atoms with Gasteiger partial charge >= 0.3 is 12.1 Å². The standard InChI is InChI=1S/C11H7ClF3NO3/c12-7-2-1-6(11(13,14)15)5-8(7)16-9(17)3-4-10(18)19/h1-5H,(H,16,17)(H,18,19)/b4-3-. The summed E-state index contributed by atoms with van der Waals surface area (Å²) < 4.78 is 37.3. The first-order chi connectivity index (χ1) is 8.70. The molecule has 0 atom stereocenters.